The molecule has 0 aliphatic rings. The molecule has 3 nitrogen and oxygen atoms in total. The second-order valence-electron chi connectivity index (χ2n) is 4.33. The maximum Gasteiger partial charge on any atom is 0.0906 e. The zero-order valence-electron chi connectivity index (χ0n) is 10.1. The third-order valence-corrected chi connectivity index (χ3v) is 2.14. The van der Waals surface area contributed by atoms with Crippen molar-refractivity contribution in [2.45, 2.75) is 46.8 Å². The van der Waals surface area contributed by atoms with Crippen LogP contribution in [-0.2, 0) is 17.9 Å². The van der Waals surface area contributed by atoms with Crippen LogP contribution in [-0.4, -0.2) is 16.4 Å². The average molecular weight is 210 g/mol. The fourth-order valence-corrected chi connectivity index (χ4v) is 1.38. The number of unbranched alkanes of at least 4 members (excludes halogenated alkanes) is 1. The molecule has 1 rings (SSSR count). The van der Waals surface area contributed by atoms with E-state index in [1.54, 1.807) is 0 Å². The molecule has 0 saturated carbocycles. The largest absolute Gasteiger partial charge is 0.375 e. The highest BCUT2D eigenvalue weighted by Crippen LogP contribution is 2.02. The minimum Gasteiger partial charge on any atom is -0.375 e. The van der Waals surface area contributed by atoms with Gasteiger partial charge in [0.05, 0.1) is 12.3 Å². The number of rotatable bonds is 7. The molecule has 0 spiro atoms. The minimum absolute atomic E-state index is 0.638. The Kier molecular flexibility index (Phi) is 5.40. The summed E-state index contributed by atoms with van der Waals surface area (Å²) in [4.78, 5) is 0. The summed E-state index contributed by atoms with van der Waals surface area (Å²) in [5.41, 5.74) is 1.03. The Morgan fingerprint density at radius 3 is 2.93 bits per heavy atom. The van der Waals surface area contributed by atoms with E-state index in [1.165, 1.54) is 6.42 Å². The molecule has 1 aromatic heterocycles. The average Bonchev–Trinajstić information content (AvgIpc) is 2.59. The summed E-state index contributed by atoms with van der Waals surface area (Å²) in [5, 5.41) is 4.44. The van der Waals surface area contributed by atoms with Crippen molar-refractivity contribution >= 4 is 0 Å². The van der Waals surface area contributed by atoms with Crippen molar-refractivity contribution in [1.29, 1.82) is 0 Å². The lowest BCUT2D eigenvalue weighted by Gasteiger charge is -2.04. The van der Waals surface area contributed by atoms with Gasteiger partial charge in [-0.25, -0.2) is 0 Å². The van der Waals surface area contributed by atoms with Crippen LogP contribution in [0.5, 0.6) is 0 Å². The second-order valence-corrected chi connectivity index (χ2v) is 4.33. The summed E-state index contributed by atoms with van der Waals surface area (Å²) < 4.78 is 7.49. The summed E-state index contributed by atoms with van der Waals surface area (Å²) in [6.07, 6.45) is 4.34. The Bertz CT molecular complexity index is 268. The highest BCUT2D eigenvalue weighted by atomic mass is 16.5. The van der Waals surface area contributed by atoms with E-state index in [4.69, 9.17) is 4.74 Å². The van der Waals surface area contributed by atoms with Gasteiger partial charge in [-0.05, 0) is 18.4 Å². The Morgan fingerprint density at radius 2 is 2.27 bits per heavy atom. The van der Waals surface area contributed by atoms with Gasteiger partial charge in [-0.3, -0.25) is 4.68 Å². The summed E-state index contributed by atoms with van der Waals surface area (Å²) in [6.45, 7) is 9.02. The van der Waals surface area contributed by atoms with E-state index in [0.717, 1.165) is 25.3 Å². The maximum atomic E-state index is 5.50. The molecule has 0 saturated heterocycles. The lowest BCUT2D eigenvalue weighted by Crippen LogP contribution is -2.05. The van der Waals surface area contributed by atoms with Gasteiger partial charge in [0.25, 0.3) is 0 Å². The molecule has 0 aromatic carbocycles. The zero-order chi connectivity index (χ0) is 11.1. The van der Waals surface area contributed by atoms with Crippen LogP contribution in [0.3, 0.4) is 0 Å². The van der Waals surface area contributed by atoms with Gasteiger partial charge in [0.2, 0.25) is 0 Å². The van der Waals surface area contributed by atoms with Crippen molar-refractivity contribution in [3.63, 3.8) is 0 Å². The van der Waals surface area contributed by atoms with Crippen LogP contribution < -0.4 is 0 Å². The first-order valence-electron chi connectivity index (χ1n) is 5.82. The van der Waals surface area contributed by atoms with Gasteiger partial charge in [-0.1, -0.05) is 27.2 Å². The zero-order valence-corrected chi connectivity index (χ0v) is 10.1. The van der Waals surface area contributed by atoms with Crippen LogP contribution in [0.15, 0.2) is 12.3 Å². The van der Waals surface area contributed by atoms with Crippen molar-refractivity contribution in [3.8, 4) is 0 Å². The standard InChI is InChI=1S/C12H22N2O/c1-4-5-8-15-10-12-6-7-14(13-12)9-11(2)3/h6-7,11H,4-5,8-10H2,1-3H3. The lowest BCUT2D eigenvalue weighted by molar-refractivity contribution is 0.115. The van der Waals surface area contributed by atoms with E-state index < -0.39 is 0 Å². The number of hydrogen-bond acceptors (Lipinski definition) is 2. The molecule has 0 fully saturated rings. The molecule has 0 unspecified atom stereocenters. The Hall–Kier alpha value is -0.830. The Morgan fingerprint density at radius 1 is 1.47 bits per heavy atom. The van der Waals surface area contributed by atoms with Gasteiger partial charge in [-0.15, -0.1) is 0 Å². The molecule has 0 bridgehead atoms. The van der Waals surface area contributed by atoms with E-state index in [9.17, 15) is 0 Å². The minimum atomic E-state index is 0.638. The van der Waals surface area contributed by atoms with Gasteiger partial charge < -0.3 is 4.74 Å². The molecule has 0 atom stereocenters. The molecule has 0 aliphatic carbocycles. The van der Waals surface area contributed by atoms with Gasteiger partial charge >= 0.3 is 0 Å². The molecular weight excluding hydrogens is 188 g/mol. The fourth-order valence-electron chi connectivity index (χ4n) is 1.38. The van der Waals surface area contributed by atoms with Gasteiger partial charge in [0, 0.05) is 19.3 Å². The molecule has 3 heteroatoms. The first kappa shape index (κ1) is 12.2. The number of aromatic nitrogens is 2. The first-order valence-corrected chi connectivity index (χ1v) is 5.82. The van der Waals surface area contributed by atoms with Crippen molar-refractivity contribution < 1.29 is 4.74 Å². The van der Waals surface area contributed by atoms with E-state index in [2.05, 4.69) is 25.9 Å². The Labute approximate surface area is 92.4 Å². The predicted octanol–water partition coefficient (Wildman–Crippen LogP) is 2.86. The summed E-state index contributed by atoms with van der Waals surface area (Å²) >= 11 is 0. The van der Waals surface area contributed by atoms with Crippen LogP contribution in [0.2, 0.25) is 0 Å². The van der Waals surface area contributed by atoms with Crippen LogP contribution in [0.4, 0.5) is 0 Å². The van der Waals surface area contributed by atoms with Crippen molar-refractivity contribution in [1.82, 2.24) is 9.78 Å². The van der Waals surface area contributed by atoms with Gasteiger partial charge in [-0.2, -0.15) is 5.10 Å². The quantitative estimate of drug-likeness (QED) is 0.647. The third kappa shape index (κ3) is 4.98. The van der Waals surface area contributed by atoms with Crippen molar-refractivity contribution in [2.24, 2.45) is 5.92 Å². The fraction of sp³-hybridized carbons (Fsp3) is 0.750. The lowest BCUT2D eigenvalue weighted by atomic mass is 10.2. The van der Waals surface area contributed by atoms with E-state index in [-0.39, 0.29) is 0 Å². The smallest absolute Gasteiger partial charge is 0.0906 e. The molecule has 0 N–H and O–H groups in total. The molecule has 0 aliphatic heterocycles. The summed E-state index contributed by atoms with van der Waals surface area (Å²) in [6, 6.07) is 2.04. The van der Waals surface area contributed by atoms with Crippen molar-refractivity contribution in [3.05, 3.63) is 18.0 Å². The molecule has 86 valence electrons. The van der Waals surface area contributed by atoms with Crippen molar-refractivity contribution in [2.75, 3.05) is 6.61 Å². The van der Waals surface area contributed by atoms with Crippen LogP contribution in [0.1, 0.15) is 39.3 Å². The summed E-state index contributed by atoms with van der Waals surface area (Å²) in [7, 11) is 0. The Balaban J connectivity index is 2.26. The molecule has 1 aromatic rings. The second kappa shape index (κ2) is 6.62. The van der Waals surface area contributed by atoms with E-state index >= 15 is 0 Å². The SMILES string of the molecule is CCCCOCc1ccn(CC(C)C)n1. The van der Waals surface area contributed by atoms with E-state index in [1.807, 2.05) is 16.9 Å². The monoisotopic (exact) mass is 210 g/mol. The third-order valence-electron chi connectivity index (χ3n) is 2.14. The topological polar surface area (TPSA) is 27.1 Å². The number of ether oxygens (including phenoxy) is 1. The first-order chi connectivity index (χ1) is 7.22. The van der Waals surface area contributed by atoms with Gasteiger partial charge in [0.15, 0.2) is 0 Å². The molecule has 0 radical (unpaired) electrons. The molecule has 15 heavy (non-hydrogen) atoms. The molecule has 0 amide bonds. The molecule has 1 heterocycles. The maximum absolute atomic E-state index is 5.50. The highest BCUT2D eigenvalue weighted by Gasteiger charge is 2.00. The molecular formula is C12H22N2O. The predicted molar refractivity (Wildman–Crippen MR) is 61.6 cm³/mol. The van der Waals surface area contributed by atoms with Gasteiger partial charge in [0.1, 0.15) is 0 Å². The summed E-state index contributed by atoms with van der Waals surface area (Å²) in [5.74, 6) is 0.638. The number of hydrogen-bond donors (Lipinski definition) is 0. The van der Waals surface area contributed by atoms with Crippen LogP contribution >= 0.6 is 0 Å². The highest BCUT2D eigenvalue weighted by molar-refractivity contribution is 4.96. The van der Waals surface area contributed by atoms with Crippen LogP contribution in [0, 0.1) is 5.92 Å². The number of nitrogens with zero attached hydrogens (tertiary/aromatic N) is 2. The van der Waals surface area contributed by atoms with Crippen LogP contribution in [0.25, 0.3) is 0 Å². The van der Waals surface area contributed by atoms with E-state index in [0.29, 0.717) is 12.5 Å². The normalized spacial score (nSPS) is 11.2.